The Balaban J connectivity index is 3.87. The fourth-order valence-electron chi connectivity index (χ4n) is 6.33. The average Bonchev–Trinajstić information content (AvgIpc) is 3.24. The van der Waals surface area contributed by atoms with E-state index in [4.69, 9.17) is 9.05 Å². The predicted octanol–water partition coefficient (Wildman–Crippen LogP) is 13.8. The first kappa shape index (κ1) is 60.2. The summed E-state index contributed by atoms with van der Waals surface area (Å²) in [6.45, 7) is 4.34. The lowest BCUT2D eigenvalue weighted by Gasteiger charge is -2.29. The van der Waals surface area contributed by atoms with Crippen molar-refractivity contribution in [2.75, 3.05) is 40.9 Å². The van der Waals surface area contributed by atoms with E-state index < -0.39 is 20.0 Å². The van der Waals surface area contributed by atoms with Gasteiger partial charge in [-0.15, -0.1) is 0 Å². The Morgan fingerprint density at radius 2 is 0.968 bits per heavy atom. The normalized spacial score (nSPS) is 15.1. The largest absolute Gasteiger partial charge is 0.756 e. The number of amides is 1. The third-order valence-electron chi connectivity index (χ3n) is 10.2. The summed E-state index contributed by atoms with van der Waals surface area (Å²) in [7, 11) is 1.24. The molecule has 3 atom stereocenters. The van der Waals surface area contributed by atoms with Crippen molar-refractivity contribution in [3.63, 3.8) is 0 Å². The number of allylic oxidation sites excluding steroid dienone is 17. The van der Waals surface area contributed by atoms with Gasteiger partial charge in [0.15, 0.2) is 0 Å². The minimum absolute atomic E-state index is 0.00735. The standard InChI is InChI=1S/C54H93N2O6P/c1-6-8-10-12-13-14-15-16-17-18-19-20-21-22-23-24-25-26-27-28-29-30-31-32-33-34-35-36-37-38-39-40-41-42-43-44-46-48-54(58)55-52(53(57)47-45-11-9-7-2)51-62-63(59,60)61-50-49-56(3,4)5/h8,10,13-14,16-17,19-20,22-23,25-26,28-29,31-32,45,47,52-53,57H,6-7,9,11-12,15,18,21,24,27,30,33-44,46,48-51H2,1-5H3,(H-,55,58,59,60)/b10-8-,14-13-,17-16-,20-19-,23-22-,26-25-,29-28-,32-31-,47-45+. The SMILES string of the molecule is CC/C=C\C/C=C\C/C=C\C/C=C\C/C=C\C/C=C\C/C=C\C/C=C\CCCCCCCCCCCCCCC(=O)NC(COP(=O)([O-])OCC[N+](C)(C)C)C(O)/C=C/CCCC. The third-order valence-corrected chi connectivity index (χ3v) is 11.2. The number of rotatable bonds is 43. The summed E-state index contributed by atoms with van der Waals surface area (Å²) in [5, 5.41) is 13.5. The lowest BCUT2D eigenvalue weighted by molar-refractivity contribution is -0.870. The Hall–Kier alpha value is -2.84. The first-order valence-electron chi connectivity index (χ1n) is 24.7. The Labute approximate surface area is 387 Å². The van der Waals surface area contributed by atoms with Crippen LogP contribution in [0.1, 0.15) is 174 Å². The number of likely N-dealkylation sites (N-methyl/N-ethyl adjacent to an activating group) is 1. The molecule has 0 rings (SSSR count). The number of aliphatic hydroxyl groups is 1. The Kier molecular flexibility index (Phi) is 42.4. The number of phosphoric acid groups is 1. The van der Waals surface area contributed by atoms with E-state index in [-0.39, 0.29) is 19.1 Å². The van der Waals surface area contributed by atoms with E-state index >= 15 is 0 Å². The summed E-state index contributed by atoms with van der Waals surface area (Å²) < 4.78 is 22.9. The maximum absolute atomic E-state index is 12.7. The molecule has 0 aliphatic heterocycles. The zero-order valence-electron chi connectivity index (χ0n) is 40.7. The molecular formula is C54H93N2O6P. The molecule has 3 unspecified atom stereocenters. The molecule has 0 radical (unpaired) electrons. The molecule has 0 aromatic rings. The van der Waals surface area contributed by atoms with Gasteiger partial charge in [0, 0.05) is 6.42 Å². The summed E-state index contributed by atoms with van der Waals surface area (Å²) in [5.74, 6) is -0.215. The Morgan fingerprint density at radius 1 is 0.571 bits per heavy atom. The quantitative estimate of drug-likeness (QED) is 0.0273. The maximum atomic E-state index is 12.7. The summed E-state index contributed by atoms with van der Waals surface area (Å²) >= 11 is 0. The van der Waals surface area contributed by atoms with Crippen LogP contribution in [0.3, 0.4) is 0 Å². The van der Waals surface area contributed by atoms with Crippen LogP contribution in [0.2, 0.25) is 0 Å². The molecule has 0 fully saturated rings. The van der Waals surface area contributed by atoms with E-state index in [2.05, 4.69) is 116 Å². The highest BCUT2D eigenvalue weighted by molar-refractivity contribution is 7.45. The fraction of sp³-hybridized carbons (Fsp3) is 0.648. The van der Waals surface area contributed by atoms with Gasteiger partial charge in [0.05, 0.1) is 39.9 Å². The second-order valence-electron chi connectivity index (χ2n) is 17.4. The lowest BCUT2D eigenvalue weighted by atomic mass is 10.0. The van der Waals surface area contributed by atoms with E-state index in [1.807, 2.05) is 27.2 Å². The molecule has 0 bridgehead atoms. The number of hydrogen-bond acceptors (Lipinski definition) is 6. The van der Waals surface area contributed by atoms with Gasteiger partial charge in [-0.25, -0.2) is 0 Å². The van der Waals surface area contributed by atoms with E-state index in [1.165, 1.54) is 64.2 Å². The van der Waals surface area contributed by atoms with Crippen LogP contribution in [-0.2, 0) is 18.4 Å². The number of hydrogen-bond donors (Lipinski definition) is 2. The number of phosphoric ester groups is 1. The van der Waals surface area contributed by atoms with E-state index in [1.54, 1.807) is 6.08 Å². The van der Waals surface area contributed by atoms with Crippen LogP contribution in [0, 0.1) is 0 Å². The number of nitrogens with one attached hydrogen (secondary N) is 1. The van der Waals surface area contributed by atoms with E-state index in [9.17, 15) is 19.4 Å². The third kappa shape index (κ3) is 47.0. The molecule has 1 amide bonds. The predicted molar refractivity (Wildman–Crippen MR) is 269 cm³/mol. The second-order valence-corrected chi connectivity index (χ2v) is 18.8. The van der Waals surface area contributed by atoms with Crippen molar-refractivity contribution in [1.82, 2.24) is 5.32 Å². The molecule has 0 aliphatic carbocycles. The summed E-state index contributed by atoms with van der Waals surface area (Å²) in [4.78, 5) is 25.1. The van der Waals surface area contributed by atoms with Gasteiger partial charge in [-0.05, 0) is 77.0 Å². The Morgan fingerprint density at radius 3 is 1.40 bits per heavy atom. The van der Waals surface area contributed by atoms with Crippen LogP contribution in [0.4, 0.5) is 0 Å². The van der Waals surface area contributed by atoms with Crippen molar-refractivity contribution in [3.05, 3.63) is 109 Å². The van der Waals surface area contributed by atoms with Crippen LogP contribution < -0.4 is 10.2 Å². The first-order chi connectivity index (χ1) is 30.5. The van der Waals surface area contributed by atoms with Crippen molar-refractivity contribution in [3.8, 4) is 0 Å². The molecule has 0 aliphatic rings. The van der Waals surface area contributed by atoms with Crippen molar-refractivity contribution < 1.29 is 32.9 Å². The van der Waals surface area contributed by atoms with Gasteiger partial charge in [-0.1, -0.05) is 200 Å². The number of carbonyl (C=O) groups excluding carboxylic acids is 1. The number of aliphatic hydroxyl groups excluding tert-OH is 1. The van der Waals surface area contributed by atoms with Crippen molar-refractivity contribution in [2.24, 2.45) is 0 Å². The zero-order chi connectivity index (χ0) is 46.4. The molecule has 0 heterocycles. The minimum Gasteiger partial charge on any atom is -0.756 e. The summed E-state index contributed by atoms with van der Waals surface area (Å²) in [6.07, 6.45) is 65.2. The van der Waals surface area contributed by atoms with Gasteiger partial charge < -0.3 is 28.8 Å². The van der Waals surface area contributed by atoms with Gasteiger partial charge >= 0.3 is 0 Å². The van der Waals surface area contributed by atoms with Gasteiger partial charge in [0.2, 0.25) is 5.91 Å². The number of unbranched alkanes of at least 4 members (excludes halogenated alkanes) is 14. The summed E-state index contributed by atoms with van der Waals surface area (Å²) in [6, 6.07) is -0.889. The van der Waals surface area contributed by atoms with Crippen molar-refractivity contribution >= 4 is 13.7 Å². The second kappa shape index (κ2) is 44.4. The van der Waals surface area contributed by atoms with Crippen LogP contribution in [0.5, 0.6) is 0 Å². The van der Waals surface area contributed by atoms with Gasteiger partial charge in [-0.3, -0.25) is 9.36 Å². The average molecular weight is 897 g/mol. The molecule has 0 aromatic carbocycles. The molecule has 2 N–H and O–H groups in total. The monoisotopic (exact) mass is 897 g/mol. The highest BCUT2D eigenvalue weighted by Crippen LogP contribution is 2.38. The molecular weight excluding hydrogens is 804 g/mol. The fourth-order valence-corrected chi connectivity index (χ4v) is 7.05. The molecule has 0 saturated carbocycles. The smallest absolute Gasteiger partial charge is 0.268 e. The minimum atomic E-state index is -4.57. The Bertz CT molecular complexity index is 1390. The number of carbonyl (C=O) groups is 1. The van der Waals surface area contributed by atoms with Crippen molar-refractivity contribution in [1.29, 1.82) is 0 Å². The molecule has 0 spiro atoms. The topological polar surface area (TPSA) is 108 Å². The van der Waals surface area contributed by atoms with Gasteiger partial charge in [-0.2, -0.15) is 0 Å². The summed E-state index contributed by atoms with van der Waals surface area (Å²) in [5.41, 5.74) is 0. The van der Waals surface area contributed by atoms with Crippen LogP contribution >= 0.6 is 7.82 Å². The molecule has 0 aromatic heterocycles. The molecule has 8 nitrogen and oxygen atoms in total. The molecule has 360 valence electrons. The van der Waals surface area contributed by atoms with Crippen LogP contribution in [0.15, 0.2) is 109 Å². The van der Waals surface area contributed by atoms with Crippen molar-refractivity contribution in [2.45, 2.75) is 187 Å². The lowest BCUT2D eigenvalue weighted by Crippen LogP contribution is -2.45. The van der Waals surface area contributed by atoms with Gasteiger partial charge in [0.1, 0.15) is 13.2 Å². The first-order valence-corrected chi connectivity index (χ1v) is 26.2. The van der Waals surface area contributed by atoms with E-state index in [0.717, 1.165) is 89.9 Å². The number of quaternary nitrogens is 1. The highest BCUT2D eigenvalue weighted by Gasteiger charge is 2.23. The van der Waals surface area contributed by atoms with Gasteiger partial charge in [0.25, 0.3) is 7.82 Å². The molecule has 9 heteroatoms. The number of nitrogens with zero attached hydrogens (tertiary/aromatic N) is 1. The van der Waals surface area contributed by atoms with Crippen LogP contribution in [-0.4, -0.2) is 68.5 Å². The molecule has 63 heavy (non-hydrogen) atoms. The zero-order valence-corrected chi connectivity index (χ0v) is 41.6. The van der Waals surface area contributed by atoms with E-state index in [0.29, 0.717) is 17.4 Å². The van der Waals surface area contributed by atoms with Crippen LogP contribution in [0.25, 0.3) is 0 Å². The molecule has 0 saturated heterocycles. The highest BCUT2D eigenvalue weighted by atomic mass is 31.2. The maximum Gasteiger partial charge on any atom is 0.268 e.